The third-order valence-corrected chi connectivity index (χ3v) is 6.68. The van der Waals surface area contributed by atoms with E-state index in [2.05, 4.69) is 4.98 Å². The van der Waals surface area contributed by atoms with Gasteiger partial charge in [-0.1, -0.05) is 12.1 Å². The molecule has 1 aromatic carbocycles. The van der Waals surface area contributed by atoms with E-state index in [-0.39, 0.29) is 13.0 Å². The Morgan fingerprint density at radius 1 is 1.23 bits per heavy atom. The quantitative estimate of drug-likeness (QED) is 0.764. The molecule has 1 unspecified atom stereocenters. The van der Waals surface area contributed by atoms with Gasteiger partial charge in [0.25, 0.3) is 5.92 Å². The second-order valence-electron chi connectivity index (χ2n) is 6.67. The lowest BCUT2D eigenvalue weighted by atomic mass is 10.1. The number of anilines is 2. The van der Waals surface area contributed by atoms with Crippen LogP contribution in [0.25, 0.3) is 11.3 Å². The molecule has 2 heterocycles. The molecule has 0 radical (unpaired) electrons. The molecule has 0 saturated heterocycles. The van der Waals surface area contributed by atoms with E-state index in [0.717, 1.165) is 14.2 Å². The van der Waals surface area contributed by atoms with Crippen LogP contribution in [-0.2, 0) is 10.2 Å². The van der Waals surface area contributed by atoms with E-state index in [9.17, 15) is 21.6 Å². The predicted octanol–water partition coefficient (Wildman–Crippen LogP) is 3.35. The van der Waals surface area contributed by atoms with E-state index in [0.29, 0.717) is 22.6 Å². The summed E-state index contributed by atoms with van der Waals surface area (Å²) in [6.45, 7) is 1.51. The fourth-order valence-electron chi connectivity index (χ4n) is 3.19. The molecule has 138 valence electrons. The highest BCUT2D eigenvalue weighted by atomic mass is 32.2. The van der Waals surface area contributed by atoms with Crippen molar-refractivity contribution in [3.05, 3.63) is 41.8 Å². The first-order valence-electron chi connectivity index (χ1n) is 8.03. The van der Waals surface area contributed by atoms with E-state index < -0.39 is 28.0 Å². The summed E-state index contributed by atoms with van der Waals surface area (Å²) in [7, 11) is -2.54. The second-order valence-corrected chi connectivity index (χ2v) is 8.56. The van der Waals surface area contributed by atoms with Gasteiger partial charge in [-0.05, 0) is 30.7 Å². The van der Waals surface area contributed by atoms with Crippen molar-refractivity contribution >= 4 is 21.6 Å². The SMILES string of the molecule is Cc1ccc(F)nc1-c1ccc2c(c1)N(C)S(=O)(=O)N2CC1CC1(F)F. The number of aromatic nitrogens is 1. The molecule has 1 atom stereocenters. The molecule has 4 rings (SSSR count). The number of benzene rings is 1. The van der Waals surface area contributed by atoms with Gasteiger partial charge in [-0.25, -0.2) is 13.8 Å². The largest absolute Gasteiger partial charge is 0.326 e. The number of alkyl halides is 2. The normalized spacial score (nSPS) is 22.4. The molecular weight excluding hydrogens is 367 g/mol. The number of fused-ring (bicyclic) bond motifs is 1. The van der Waals surface area contributed by atoms with Crippen LogP contribution < -0.4 is 8.61 Å². The maximum absolute atomic E-state index is 13.5. The number of halogens is 3. The summed E-state index contributed by atoms with van der Waals surface area (Å²) in [5.41, 5.74) is 2.40. The molecule has 1 fully saturated rings. The Hall–Kier alpha value is -2.29. The number of pyridine rings is 1. The van der Waals surface area contributed by atoms with E-state index in [4.69, 9.17) is 0 Å². The third kappa shape index (κ3) is 2.53. The molecule has 0 bridgehead atoms. The van der Waals surface area contributed by atoms with E-state index in [1.54, 1.807) is 31.2 Å². The minimum absolute atomic E-state index is 0.261. The maximum Gasteiger partial charge on any atom is 0.326 e. The zero-order valence-corrected chi connectivity index (χ0v) is 14.9. The zero-order valence-electron chi connectivity index (χ0n) is 14.1. The maximum atomic E-state index is 13.5. The topological polar surface area (TPSA) is 53.5 Å². The number of hydrogen-bond donors (Lipinski definition) is 0. The van der Waals surface area contributed by atoms with Crippen LogP contribution in [0, 0.1) is 18.8 Å². The first-order chi connectivity index (χ1) is 12.1. The first kappa shape index (κ1) is 17.1. The van der Waals surface area contributed by atoms with E-state index >= 15 is 0 Å². The monoisotopic (exact) mass is 383 g/mol. The Labute approximate surface area is 149 Å². The van der Waals surface area contributed by atoms with Gasteiger partial charge in [-0.15, -0.1) is 0 Å². The Morgan fingerprint density at radius 2 is 1.92 bits per heavy atom. The number of rotatable bonds is 3. The second kappa shape index (κ2) is 5.35. The van der Waals surface area contributed by atoms with Crippen LogP contribution in [0.2, 0.25) is 0 Å². The standard InChI is InChI=1S/C17H16F3N3O2S/c1-10-3-6-15(18)21-16(10)11-4-5-13-14(7-11)22(2)26(24,25)23(13)9-12-8-17(12,19)20/h3-7,12H,8-9H2,1-2H3. The van der Waals surface area contributed by atoms with Crippen molar-refractivity contribution in [3.8, 4) is 11.3 Å². The molecule has 1 saturated carbocycles. The van der Waals surface area contributed by atoms with Gasteiger partial charge in [-0.2, -0.15) is 12.8 Å². The first-order valence-corrected chi connectivity index (χ1v) is 9.43. The molecule has 26 heavy (non-hydrogen) atoms. The molecule has 2 aromatic rings. The minimum atomic E-state index is -3.91. The summed E-state index contributed by atoms with van der Waals surface area (Å²) < 4.78 is 67.3. The molecule has 1 aliphatic carbocycles. The molecular formula is C17H16F3N3O2S. The van der Waals surface area contributed by atoms with Crippen molar-refractivity contribution in [2.45, 2.75) is 19.3 Å². The van der Waals surface area contributed by atoms with Crippen molar-refractivity contribution in [2.24, 2.45) is 5.92 Å². The summed E-state index contributed by atoms with van der Waals surface area (Å²) >= 11 is 0. The van der Waals surface area contributed by atoms with Gasteiger partial charge < -0.3 is 0 Å². The lowest BCUT2D eigenvalue weighted by Gasteiger charge is -2.18. The van der Waals surface area contributed by atoms with Crippen LogP contribution in [0.5, 0.6) is 0 Å². The average Bonchev–Trinajstić information content (AvgIpc) is 3.14. The van der Waals surface area contributed by atoms with Gasteiger partial charge in [0.1, 0.15) is 0 Å². The van der Waals surface area contributed by atoms with Crippen molar-refractivity contribution in [1.82, 2.24) is 4.98 Å². The summed E-state index contributed by atoms with van der Waals surface area (Å²) in [4.78, 5) is 3.88. The highest BCUT2D eigenvalue weighted by molar-refractivity contribution is 7.94. The average molecular weight is 383 g/mol. The van der Waals surface area contributed by atoms with Gasteiger partial charge in [-0.3, -0.25) is 8.61 Å². The molecule has 0 spiro atoms. The lowest BCUT2D eigenvalue weighted by molar-refractivity contribution is 0.101. The highest BCUT2D eigenvalue weighted by Crippen LogP contribution is 2.51. The van der Waals surface area contributed by atoms with Crippen LogP contribution in [0.4, 0.5) is 24.5 Å². The number of hydrogen-bond acceptors (Lipinski definition) is 3. The van der Waals surface area contributed by atoms with Crippen molar-refractivity contribution in [1.29, 1.82) is 0 Å². The summed E-state index contributed by atoms with van der Waals surface area (Å²) in [5, 5.41) is 0. The summed E-state index contributed by atoms with van der Waals surface area (Å²) in [6, 6.07) is 7.61. The Bertz CT molecular complexity index is 1010. The van der Waals surface area contributed by atoms with Gasteiger partial charge in [0, 0.05) is 31.5 Å². The molecule has 0 N–H and O–H groups in total. The molecule has 1 aliphatic heterocycles. The zero-order chi connectivity index (χ0) is 18.9. The van der Waals surface area contributed by atoms with Crippen LogP contribution in [0.1, 0.15) is 12.0 Å². The molecule has 0 amide bonds. The van der Waals surface area contributed by atoms with Gasteiger partial charge in [0.05, 0.1) is 17.1 Å². The summed E-state index contributed by atoms with van der Waals surface area (Å²) in [5.74, 6) is -4.41. The molecule has 5 nitrogen and oxygen atoms in total. The number of nitrogens with zero attached hydrogens (tertiary/aromatic N) is 3. The number of aryl methyl sites for hydroxylation is 1. The molecule has 1 aromatic heterocycles. The fourth-order valence-corrected chi connectivity index (χ4v) is 4.65. The van der Waals surface area contributed by atoms with E-state index in [1.165, 1.54) is 13.1 Å². The molecule has 2 aliphatic rings. The van der Waals surface area contributed by atoms with Crippen LogP contribution in [-0.4, -0.2) is 32.9 Å². The van der Waals surface area contributed by atoms with Gasteiger partial charge >= 0.3 is 10.2 Å². The fraction of sp³-hybridized carbons (Fsp3) is 0.353. The Balaban J connectivity index is 1.77. The van der Waals surface area contributed by atoms with Crippen molar-refractivity contribution < 1.29 is 21.6 Å². The van der Waals surface area contributed by atoms with Crippen molar-refractivity contribution in [3.63, 3.8) is 0 Å². The van der Waals surface area contributed by atoms with E-state index in [1.807, 2.05) is 0 Å². The third-order valence-electron chi connectivity index (χ3n) is 4.89. The smallest absolute Gasteiger partial charge is 0.254 e. The van der Waals surface area contributed by atoms with Crippen LogP contribution >= 0.6 is 0 Å². The van der Waals surface area contributed by atoms with Crippen molar-refractivity contribution in [2.75, 3.05) is 22.2 Å². The van der Waals surface area contributed by atoms with Gasteiger partial charge in [0.2, 0.25) is 5.95 Å². The predicted molar refractivity (Wildman–Crippen MR) is 92.1 cm³/mol. The summed E-state index contributed by atoms with van der Waals surface area (Å²) in [6.07, 6.45) is -0.303. The minimum Gasteiger partial charge on any atom is -0.254 e. The lowest BCUT2D eigenvalue weighted by Crippen LogP contribution is -2.37. The van der Waals surface area contributed by atoms with Crippen LogP contribution in [0.3, 0.4) is 0 Å². The highest BCUT2D eigenvalue weighted by Gasteiger charge is 2.59. The molecule has 9 heteroatoms. The van der Waals surface area contributed by atoms with Gasteiger partial charge in [0.15, 0.2) is 0 Å². The Morgan fingerprint density at radius 3 is 2.58 bits per heavy atom. The van der Waals surface area contributed by atoms with Crippen LogP contribution in [0.15, 0.2) is 30.3 Å². The Kier molecular flexibility index (Phi) is 3.53.